The standard InChI is InChI=1S/C13H16O9/c14-3-7-10(19)11(20)12(21)13(22-7)8(17)4-1-5(15)9(18)6(16)2-4/h1-2,7,10-16,18-21H,3H2/t7-,10-,11+,12-,13?/m1/s1. The van der Waals surface area contributed by atoms with Gasteiger partial charge >= 0.3 is 0 Å². The van der Waals surface area contributed by atoms with E-state index in [1.165, 1.54) is 0 Å². The van der Waals surface area contributed by atoms with Gasteiger partial charge in [-0.2, -0.15) is 0 Å². The molecule has 1 aliphatic heterocycles. The molecule has 1 heterocycles. The maximum Gasteiger partial charge on any atom is 0.200 e. The van der Waals surface area contributed by atoms with Gasteiger partial charge in [-0.1, -0.05) is 0 Å². The van der Waals surface area contributed by atoms with Crippen LogP contribution < -0.4 is 0 Å². The lowest BCUT2D eigenvalue weighted by Crippen LogP contribution is -2.60. The fraction of sp³-hybridized carbons (Fsp3) is 0.462. The first-order valence-electron chi connectivity index (χ1n) is 6.37. The van der Waals surface area contributed by atoms with E-state index >= 15 is 0 Å². The number of aliphatic hydroxyl groups is 4. The molecule has 0 saturated carbocycles. The fourth-order valence-corrected chi connectivity index (χ4v) is 2.23. The van der Waals surface area contributed by atoms with Crippen molar-refractivity contribution in [2.24, 2.45) is 0 Å². The molecule has 0 amide bonds. The number of ketones is 1. The van der Waals surface area contributed by atoms with Crippen molar-refractivity contribution in [3.63, 3.8) is 0 Å². The first-order valence-corrected chi connectivity index (χ1v) is 6.37. The number of carbonyl (C=O) groups excluding carboxylic acids is 1. The molecule has 1 aromatic carbocycles. The summed E-state index contributed by atoms with van der Waals surface area (Å²) in [5.41, 5.74) is -0.294. The van der Waals surface area contributed by atoms with E-state index in [0.29, 0.717) is 0 Å². The number of ether oxygens (including phenoxy) is 1. The fourth-order valence-electron chi connectivity index (χ4n) is 2.23. The average molecular weight is 316 g/mol. The van der Waals surface area contributed by atoms with Crippen LogP contribution in [0.15, 0.2) is 12.1 Å². The van der Waals surface area contributed by atoms with Crippen LogP contribution in [0.1, 0.15) is 10.4 Å². The number of rotatable bonds is 3. The van der Waals surface area contributed by atoms with Crippen LogP contribution in [0.2, 0.25) is 0 Å². The second kappa shape index (κ2) is 6.07. The van der Waals surface area contributed by atoms with Gasteiger partial charge in [-0.25, -0.2) is 0 Å². The number of phenolic OH excluding ortho intramolecular Hbond substituents is 3. The van der Waals surface area contributed by atoms with Gasteiger partial charge in [0.05, 0.1) is 6.61 Å². The summed E-state index contributed by atoms with van der Waals surface area (Å²) in [5, 5.41) is 66.2. The van der Waals surface area contributed by atoms with Gasteiger partial charge in [0.1, 0.15) is 30.5 Å². The van der Waals surface area contributed by atoms with Crippen LogP contribution in [0.25, 0.3) is 0 Å². The van der Waals surface area contributed by atoms with E-state index in [1.807, 2.05) is 0 Å². The van der Waals surface area contributed by atoms with Crippen LogP contribution >= 0.6 is 0 Å². The predicted molar refractivity (Wildman–Crippen MR) is 69.5 cm³/mol. The smallest absolute Gasteiger partial charge is 0.200 e. The van der Waals surface area contributed by atoms with Crippen LogP contribution in [0.4, 0.5) is 0 Å². The normalized spacial score (nSPS) is 31.9. The van der Waals surface area contributed by atoms with Crippen molar-refractivity contribution in [3.05, 3.63) is 17.7 Å². The molecule has 0 bridgehead atoms. The van der Waals surface area contributed by atoms with E-state index in [-0.39, 0.29) is 5.56 Å². The summed E-state index contributed by atoms with van der Waals surface area (Å²) >= 11 is 0. The molecule has 1 aromatic rings. The van der Waals surface area contributed by atoms with E-state index in [9.17, 15) is 35.4 Å². The molecule has 122 valence electrons. The number of aliphatic hydroxyl groups excluding tert-OH is 4. The van der Waals surface area contributed by atoms with Crippen LogP contribution in [-0.4, -0.2) is 78.7 Å². The van der Waals surface area contributed by atoms with Gasteiger partial charge in [0.2, 0.25) is 0 Å². The lowest BCUT2D eigenvalue weighted by Gasteiger charge is -2.39. The van der Waals surface area contributed by atoms with Crippen molar-refractivity contribution in [2.75, 3.05) is 6.61 Å². The third-order valence-electron chi connectivity index (χ3n) is 3.50. The van der Waals surface area contributed by atoms with Crippen molar-refractivity contribution in [1.82, 2.24) is 0 Å². The van der Waals surface area contributed by atoms with Crippen molar-refractivity contribution < 1.29 is 45.3 Å². The number of hydrogen-bond acceptors (Lipinski definition) is 9. The van der Waals surface area contributed by atoms with Crippen LogP contribution in [0, 0.1) is 0 Å². The Kier molecular flexibility index (Phi) is 4.54. The lowest BCUT2D eigenvalue weighted by molar-refractivity contribution is -0.215. The lowest BCUT2D eigenvalue weighted by atomic mass is 9.90. The highest BCUT2D eigenvalue weighted by molar-refractivity contribution is 6.01. The number of carbonyl (C=O) groups is 1. The van der Waals surface area contributed by atoms with Gasteiger partial charge in [0, 0.05) is 5.56 Å². The highest BCUT2D eigenvalue weighted by Crippen LogP contribution is 2.36. The molecular formula is C13H16O9. The highest BCUT2D eigenvalue weighted by atomic mass is 16.5. The molecule has 1 unspecified atom stereocenters. The Hall–Kier alpha value is -1.91. The summed E-state index contributed by atoms with van der Waals surface area (Å²) in [6.45, 7) is -0.694. The summed E-state index contributed by atoms with van der Waals surface area (Å²) in [6, 6.07) is 1.69. The Morgan fingerprint density at radius 2 is 1.55 bits per heavy atom. The van der Waals surface area contributed by atoms with Crippen molar-refractivity contribution in [1.29, 1.82) is 0 Å². The number of hydrogen-bond donors (Lipinski definition) is 7. The van der Waals surface area contributed by atoms with Crippen LogP contribution in [-0.2, 0) is 4.74 Å². The molecule has 22 heavy (non-hydrogen) atoms. The molecule has 9 heteroatoms. The van der Waals surface area contributed by atoms with Gasteiger partial charge < -0.3 is 40.5 Å². The van der Waals surface area contributed by atoms with E-state index in [0.717, 1.165) is 12.1 Å². The van der Waals surface area contributed by atoms with E-state index in [4.69, 9.17) is 9.84 Å². The quantitative estimate of drug-likeness (QED) is 0.242. The Morgan fingerprint density at radius 1 is 1.00 bits per heavy atom. The predicted octanol–water partition coefficient (Wildman–Crippen LogP) is -2.17. The molecule has 2 rings (SSSR count). The first kappa shape index (κ1) is 16.5. The molecule has 0 aromatic heterocycles. The Morgan fingerprint density at radius 3 is 2.05 bits per heavy atom. The van der Waals surface area contributed by atoms with Crippen molar-refractivity contribution in [2.45, 2.75) is 30.5 Å². The first-order chi connectivity index (χ1) is 10.3. The van der Waals surface area contributed by atoms with E-state index < -0.39 is 60.2 Å². The zero-order valence-electron chi connectivity index (χ0n) is 11.2. The van der Waals surface area contributed by atoms with Gasteiger partial charge in [-0.3, -0.25) is 4.79 Å². The SMILES string of the molecule is O=C(c1cc(O)c(O)c(O)c1)C1O[C@H](CO)[C@@H](O)[C@H](O)[C@H]1O. The minimum atomic E-state index is -1.77. The maximum atomic E-state index is 12.3. The van der Waals surface area contributed by atoms with Crippen LogP contribution in [0.5, 0.6) is 17.2 Å². The van der Waals surface area contributed by atoms with E-state index in [1.54, 1.807) is 0 Å². The number of Topliss-reactive ketones (excluding diaryl/α,β-unsaturated/α-hetero) is 1. The summed E-state index contributed by atoms with van der Waals surface area (Å²) in [5.74, 6) is -3.24. The second-order valence-corrected chi connectivity index (χ2v) is 4.98. The zero-order chi connectivity index (χ0) is 16.6. The minimum absolute atomic E-state index is 0.294. The van der Waals surface area contributed by atoms with Gasteiger partial charge in [-0.15, -0.1) is 0 Å². The van der Waals surface area contributed by atoms with Crippen molar-refractivity contribution >= 4 is 5.78 Å². The molecule has 1 aliphatic rings. The number of benzene rings is 1. The molecule has 0 aliphatic carbocycles. The summed E-state index contributed by atoms with van der Waals surface area (Å²) in [7, 11) is 0. The molecule has 0 spiro atoms. The van der Waals surface area contributed by atoms with E-state index in [2.05, 4.69) is 0 Å². The topological polar surface area (TPSA) is 168 Å². The molecule has 1 saturated heterocycles. The van der Waals surface area contributed by atoms with Gasteiger partial charge in [0.25, 0.3) is 0 Å². The third-order valence-corrected chi connectivity index (χ3v) is 3.50. The number of aromatic hydroxyl groups is 3. The van der Waals surface area contributed by atoms with Gasteiger partial charge in [-0.05, 0) is 12.1 Å². The number of phenols is 3. The monoisotopic (exact) mass is 316 g/mol. The minimum Gasteiger partial charge on any atom is -0.504 e. The molecule has 1 fully saturated rings. The molecule has 5 atom stereocenters. The highest BCUT2D eigenvalue weighted by Gasteiger charge is 2.46. The second-order valence-electron chi connectivity index (χ2n) is 4.98. The largest absolute Gasteiger partial charge is 0.504 e. The Bertz CT molecular complexity index is 548. The molecule has 9 nitrogen and oxygen atoms in total. The third kappa shape index (κ3) is 2.72. The molecular weight excluding hydrogens is 300 g/mol. The summed E-state index contributed by atoms with van der Waals surface area (Å²) < 4.78 is 5.07. The van der Waals surface area contributed by atoms with Crippen molar-refractivity contribution in [3.8, 4) is 17.2 Å². The zero-order valence-corrected chi connectivity index (χ0v) is 11.2. The molecule has 0 radical (unpaired) electrons. The average Bonchev–Trinajstić information content (AvgIpc) is 2.49. The Balaban J connectivity index is 2.32. The summed E-state index contributed by atoms with van der Waals surface area (Å²) in [4.78, 5) is 12.3. The molecule has 7 N–H and O–H groups in total. The van der Waals surface area contributed by atoms with Crippen LogP contribution in [0.3, 0.4) is 0 Å². The van der Waals surface area contributed by atoms with Gasteiger partial charge in [0.15, 0.2) is 23.0 Å². The Labute approximate surface area is 124 Å². The maximum absolute atomic E-state index is 12.3. The summed E-state index contributed by atoms with van der Waals surface area (Å²) in [6.07, 6.45) is -7.99.